The first-order chi connectivity index (χ1) is 10.8. The SMILES string of the molecule is Cc1ccc(S(=O)(=O)Oc2ccc3ccc(=O)oc3c2)c(Cl)c1. The topological polar surface area (TPSA) is 73.6 Å². The Kier molecular flexibility index (Phi) is 3.87. The van der Waals surface area contributed by atoms with Crippen molar-refractivity contribution in [2.45, 2.75) is 11.8 Å². The van der Waals surface area contributed by atoms with Gasteiger partial charge in [0, 0.05) is 17.5 Å². The standard InChI is InChI=1S/C16H11ClO5S/c1-10-2-6-15(13(17)8-10)23(19,20)22-12-5-3-11-4-7-16(18)21-14(11)9-12/h2-9H,1H3. The van der Waals surface area contributed by atoms with E-state index < -0.39 is 15.7 Å². The van der Waals surface area contributed by atoms with Gasteiger partial charge in [-0.3, -0.25) is 0 Å². The highest BCUT2D eigenvalue weighted by atomic mass is 35.5. The van der Waals surface area contributed by atoms with Gasteiger partial charge in [-0.25, -0.2) is 4.79 Å². The van der Waals surface area contributed by atoms with Crippen molar-refractivity contribution < 1.29 is 17.0 Å². The molecule has 0 saturated heterocycles. The molecule has 0 amide bonds. The van der Waals surface area contributed by atoms with Crippen LogP contribution in [0.25, 0.3) is 11.0 Å². The Morgan fingerprint density at radius 3 is 2.52 bits per heavy atom. The summed E-state index contributed by atoms with van der Waals surface area (Å²) in [5.74, 6) is 0.0310. The van der Waals surface area contributed by atoms with Gasteiger partial charge in [0.25, 0.3) is 0 Å². The molecule has 0 spiro atoms. The summed E-state index contributed by atoms with van der Waals surface area (Å²) in [6.45, 7) is 1.80. The Bertz CT molecular complexity index is 1050. The zero-order chi connectivity index (χ0) is 16.6. The van der Waals surface area contributed by atoms with Crippen molar-refractivity contribution in [3.8, 4) is 5.75 Å². The molecule has 0 N–H and O–H groups in total. The van der Waals surface area contributed by atoms with Gasteiger partial charge in [-0.1, -0.05) is 17.7 Å². The summed E-state index contributed by atoms with van der Waals surface area (Å²) in [6, 6.07) is 11.8. The summed E-state index contributed by atoms with van der Waals surface area (Å²) < 4.78 is 34.8. The van der Waals surface area contributed by atoms with Crippen LogP contribution in [0, 0.1) is 6.92 Å². The van der Waals surface area contributed by atoms with Crippen LogP contribution in [0.3, 0.4) is 0 Å². The maximum absolute atomic E-state index is 12.3. The first-order valence-corrected chi connectivity index (χ1v) is 8.38. The van der Waals surface area contributed by atoms with Crippen LogP contribution in [0.4, 0.5) is 0 Å². The van der Waals surface area contributed by atoms with Gasteiger partial charge in [-0.05, 0) is 42.8 Å². The molecule has 3 aromatic rings. The lowest BCUT2D eigenvalue weighted by Crippen LogP contribution is -2.10. The molecule has 0 aliphatic carbocycles. The van der Waals surface area contributed by atoms with Crippen molar-refractivity contribution in [1.82, 2.24) is 0 Å². The number of benzene rings is 2. The first-order valence-electron chi connectivity index (χ1n) is 6.60. The van der Waals surface area contributed by atoms with Crippen LogP contribution in [-0.2, 0) is 10.1 Å². The molecule has 1 heterocycles. The zero-order valence-electron chi connectivity index (χ0n) is 11.9. The van der Waals surface area contributed by atoms with E-state index >= 15 is 0 Å². The smallest absolute Gasteiger partial charge is 0.340 e. The molecule has 0 atom stereocenters. The summed E-state index contributed by atoms with van der Waals surface area (Å²) in [7, 11) is -4.09. The second-order valence-corrected chi connectivity index (χ2v) is 6.85. The molecule has 7 heteroatoms. The minimum absolute atomic E-state index is 0.0310. The monoisotopic (exact) mass is 350 g/mol. The highest BCUT2D eigenvalue weighted by Crippen LogP contribution is 2.27. The van der Waals surface area contributed by atoms with Crippen molar-refractivity contribution in [3.63, 3.8) is 0 Å². The largest absolute Gasteiger partial charge is 0.423 e. The summed E-state index contributed by atoms with van der Waals surface area (Å²) >= 11 is 5.98. The van der Waals surface area contributed by atoms with Crippen LogP contribution in [0.2, 0.25) is 5.02 Å². The summed E-state index contributed by atoms with van der Waals surface area (Å²) in [6.07, 6.45) is 0. The molecule has 0 aliphatic heterocycles. The van der Waals surface area contributed by atoms with Gasteiger partial charge in [0.1, 0.15) is 16.2 Å². The molecule has 0 unspecified atom stereocenters. The van der Waals surface area contributed by atoms with E-state index in [-0.39, 0.29) is 21.3 Å². The Labute approximate surface area is 137 Å². The molecule has 23 heavy (non-hydrogen) atoms. The van der Waals surface area contributed by atoms with Crippen molar-refractivity contribution in [2.75, 3.05) is 0 Å². The average molecular weight is 351 g/mol. The van der Waals surface area contributed by atoms with E-state index in [1.807, 2.05) is 0 Å². The number of fused-ring (bicyclic) bond motifs is 1. The normalized spacial score (nSPS) is 11.6. The second kappa shape index (κ2) is 5.72. The van der Waals surface area contributed by atoms with Gasteiger partial charge in [-0.2, -0.15) is 8.42 Å². The van der Waals surface area contributed by atoms with Crippen molar-refractivity contribution >= 4 is 32.7 Å². The molecular formula is C16H11ClO5S. The number of rotatable bonds is 3. The Morgan fingerprint density at radius 2 is 1.78 bits per heavy atom. The first kappa shape index (κ1) is 15.6. The van der Waals surface area contributed by atoms with Gasteiger partial charge in [0.15, 0.2) is 0 Å². The van der Waals surface area contributed by atoms with E-state index in [0.29, 0.717) is 5.39 Å². The molecule has 0 bridgehead atoms. The van der Waals surface area contributed by atoms with E-state index in [2.05, 4.69) is 0 Å². The van der Waals surface area contributed by atoms with E-state index in [4.69, 9.17) is 20.2 Å². The number of hydrogen-bond acceptors (Lipinski definition) is 5. The molecule has 1 aromatic heterocycles. The minimum atomic E-state index is -4.09. The highest BCUT2D eigenvalue weighted by molar-refractivity contribution is 7.87. The Hall–Kier alpha value is -2.31. The van der Waals surface area contributed by atoms with E-state index in [1.165, 1.54) is 30.3 Å². The number of aryl methyl sites for hydroxylation is 1. The predicted octanol–water partition coefficient (Wildman–Crippen LogP) is 3.52. The summed E-state index contributed by atoms with van der Waals surface area (Å²) in [5.41, 5.74) is 0.542. The fraction of sp³-hybridized carbons (Fsp3) is 0.0625. The molecule has 2 aromatic carbocycles. The fourth-order valence-electron chi connectivity index (χ4n) is 2.07. The van der Waals surface area contributed by atoms with Crippen molar-refractivity contribution in [2.24, 2.45) is 0 Å². The van der Waals surface area contributed by atoms with Crippen LogP contribution >= 0.6 is 11.6 Å². The van der Waals surface area contributed by atoms with Crippen molar-refractivity contribution in [1.29, 1.82) is 0 Å². The third-order valence-corrected chi connectivity index (χ3v) is 4.89. The summed E-state index contributed by atoms with van der Waals surface area (Å²) in [4.78, 5) is 11.1. The van der Waals surface area contributed by atoms with Gasteiger partial charge in [0.2, 0.25) is 0 Å². The van der Waals surface area contributed by atoms with Crippen LogP contribution in [0.1, 0.15) is 5.56 Å². The molecule has 0 radical (unpaired) electrons. The quantitative estimate of drug-likeness (QED) is 0.533. The highest BCUT2D eigenvalue weighted by Gasteiger charge is 2.20. The van der Waals surface area contributed by atoms with Crippen LogP contribution in [-0.4, -0.2) is 8.42 Å². The molecule has 0 fully saturated rings. The predicted molar refractivity (Wildman–Crippen MR) is 86.5 cm³/mol. The molecule has 0 aliphatic rings. The number of hydrogen-bond donors (Lipinski definition) is 0. The second-order valence-electron chi connectivity index (χ2n) is 4.93. The number of halogens is 1. The third-order valence-electron chi connectivity index (χ3n) is 3.16. The maximum Gasteiger partial charge on any atom is 0.340 e. The van der Waals surface area contributed by atoms with Gasteiger partial charge in [-0.15, -0.1) is 0 Å². The fourth-order valence-corrected chi connectivity index (χ4v) is 3.57. The van der Waals surface area contributed by atoms with E-state index in [0.717, 1.165) is 5.56 Å². The van der Waals surface area contributed by atoms with E-state index in [1.54, 1.807) is 25.1 Å². The van der Waals surface area contributed by atoms with Crippen LogP contribution in [0.5, 0.6) is 5.75 Å². The summed E-state index contributed by atoms with van der Waals surface area (Å²) in [5, 5.41) is 0.736. The Morgan fingerprint density at radius 1 is 1.04 bits per heavy atom. The lowest BCUT2D eigenvalue weighted by Gasteiger charge is -2.09. The Balaban J connectivity index is 2.01. The molecule has 0 saturated carbocycles. The van der Waals surface area contributed by atoms with Gasteiger partial charge < -0.3 is 8.60 Å². The molecule has 3 rings (SSSR count). The lowest BCUT2D eigenvalue weighted by atomic mass is 10.2. The van der Waals surface area contributed by atoms with Crippen LogP contribution in [0.15, 0.2) is 62.6 Å². The van der Waals surface area contributed by atoms with Gasteiger partial charge in [0.05, 0.1) is 5.02 Å². The van der Waals surface area contributed by atoms with Gasteiger partial charge >= 0.3 is 15.7 Å². The maximum atomic E-state index is 12.3. The average Bonchev–Trinajstić information content (AvgIpc) is 2.45. The minimum Gasteiger partial charge on any atom is -0.423 e. The molecule has 5 nitrogen and oxygen atoms in total. The van der Waals surface area contributed by atoms with Crippen molar-refractivity contribution in [3.05, 3.63) is 69.5 Å². The van der Waals surface area contributed by atoms with E-state index in [9.17, 15) is 13.2 Å². The molecular weight excluding hydrogens is 340 g/mol. The van der Waals surface area contributed by atoms with Crippen LogP contribution < -0.4 is 9.81 Å². The zero-order valence-corrected chi connectivity index (χ0v) is 13.5. The molecule has 118 valence electrons. The lowest BCUT2D eigenvalue weighted by molar-refractivity contribution is 0.485. The third kappa shape index (κ3) is 3.23.